The number of benzene rings is 3. The van der Waals surface area contributed by atoms with E-state index in [-0.39, 0.29) is 18.4 Å². The number of methoxy groups -OCH3 is 1. The van der Waals surface area contributed by atoms with Crippen molar-refractivity contribution in [2.24, 2.45) is 0 Å². The lowest BCUT2D eigenvalue weighted by Crippen LogP contribution is -2.61. The van der Waals surface area contributed by atoms with Gasteiger partial charge in [0, 0.05) is 11.4 Å². The van der Waals surface area contributed by atoms with Gasteiger partial charge in [0.2, 0.25) is 5.91 Å². The molecule has 0 radical (unpaired) electrons. The van der Waals surface area contributed by atoms with E-state index in [2.05, 4.69) is 0 Å². The number of rotatable bonds is 5. The summed E-state index contributed by atoms with van der Waals surface area (Å²) in [4.78, 5) is 30.5. The zero-order valence-corrected chi connectivity index (χ0v) is 19.4. The molecule has 1 saturated heterocycles. The van der Waals surface area contributed by atoms with Crippen LogP contribution in [-0.2, 0) is 9.59 Å². The van der Waals surface area contributed by atoms with E-state index >= 15 is 0 Å². The number of carbonyl (C=O) groups excluding carboxylic acids is 2. The van der Waals surface area contributed by atoms with Gasteiger partial charge in [-0.15, -0.1) is 0 Å². The van der Waals surface area contributed by atoms with Crippen molar-refractivity contribution in [1.29, 1.82) is 0 Å². The molecule has 168 valence electrons. The standard InChI is InChI=1S/C28H28N2O3/c1-19-10-11-24(17-20(19)2)29-18-26(31)30(23-12-14-25(33-4)15-13-23)27(28(29)32)21(3)16-22-8-6-5-7-9-22/h5-17,27H,18H2,1-4H3/b21-16+/t27-/m0/s1. The molecule has 2 amide bonds. The predicted molar refractivity (Wildman–Crippen MR) is 133 cm³/mol. The van der Waals surface area contributed by atoms with E-state index in [0.717, 1.165) is 28.0 Å². The third-order valence-corrected chi connectivity index (χ3v) is 6.10. The molecule has 0 bridgehead atoms. The summed E-state index contributed by atoms with van der Waals surface area (Å²) >= 11 is 0. The molecule has 0 spiro atoms. The molecule has 3 aromatic rings. The topological polar surface area (TPSA) is 49.9 Å². The van der Waals surface area contributed by atoms with Gasteiger partial charge in [-0.25, -0.2) is 0 Å². The number of ether oxygens (including phenoxy) is 1. The van der Waals surface area contributed by atoms with E-state index in [4.69, 9.17) is 4.74 Å². The fraction of sp³-hybridized carbons (Fsp3) is 0.214. The number of carbonyl (C=O) groups is 2. The quantitative estimate of drug-likeness (QED) is 0.550. The molecular formula is C28H28N2O3. The van der Waals surface area contributed by atoms with Crippen molar-refractivity contribution in [1.82, 2.24) is 0 Å². The fourth-order valence-corrected chi connectivity index (χ4v) is 4.13. The molecule has 0 unspecified atom stereocenters. The van der Waals surface area contributed by atoms with Gasteiger partial charge in [0.1, 0.15) is 18.3 Å². The van der Waals surface area contributed by atoms with Crippen LogP contribution < -0.4 is 14.5 Å². The van der Waals surface area contributed by atoms with E-state index in [9.17, 15) is 9.59 Å². The molecule has 1 heterocycles. The summed E-state index contributed by atoms with van der Waals surface area (Å²) in [7, 11) is 1.60. The zero-order chi connectivity index (χ0) is 23.5. The van der Waals surface area contributed by atoms with Gasteiger partial charge >= 0.3 is 0 Å². The summed E-state index contributed by atoms with van der Waals surface area (Å²) in [6, 6.07) is 22.2. The average molecular weight is 441 g/mol. The first-order valence-corrected chi connectivity index (χ1v) is 11.0. The van der Waals surface area contributed by atoms with Crippen LogP contribution in [0.3, 0.4) is 0 Å². The third kappa shape index (κ3) is 4.53. The van der Waals surface area contributed by atoms with Crippen LogP contribution in [0.1, 0.15) is 23.6 Å². The minimum atomic E-state index is -0.749. The number of aryl methyl sites for hydroxylation is 2. The van der Waals surface area contributed by atoms with Crippen LogP contribution in [0.15, 0.2) is 78.4 Å². The lowest BCUT2D eigenvalue weighted by Gasteiger charge is -2.41. The Bertz CT molecular complexity index is 1200. The van der Waals surface area contributed by atoms with Crippen molar-refractivity contribution in [3.63, 3.8) is 0 Å². The van der Waals surface area contributed by atoms with E-state index in [1.165, 1.54) is 0 Å². The van der Waals surface area contributed by atoms with Crippen LogP contribution in [0.25, 0.3) is 6.08 Å². The molecular weight excluding hydrogens is 412 g/mol. The van der Waals surface area contributed by atoms with Crippen LogP contribution in [0.5, 0.6) is 5.75 Å². The highest BCUT2D eigenvalue weighted by Crippen LogP contribution is 2.31. The number of amides is 2. The minimum absolute atomic E-state index is 0.0114. The van der Waals surface area contributed by atoms with Crippen LogP contribution >= 0.6 is 0 Å². The molecule has 1 aliphatic heterocycles. The largest absolute Gasteiger partial charge is 0.497 e. The maximum Gasteiger partial charge on any atom is 0.254 e. The molecule has 4 rings (SSSR count). The van der Waals surface area contributed by atoms with Crippen molar-refractivity contribution in [3.05, 3.63) is 95.1 Å². The maximum atomic E-state index is 13.9. The third-order valence-electron chi connectivity index (χ3n) is 6.10. The van der Waals surface area contributed by atoms with E-state index in [1.54, 1.807) is 29.0 Å². The number of hydrogen-bond donors (Lipinski definition) is 0. The zero-order valence-electron chi connectivity index (χ0n) is 19.4. The van der Waals surface area contributed by atoms with Gasteiger partial charge in [-0.1, -0.05) is 42.5 Å². The summed E-state index contributed by atoms with van der Waals surface area (Å²) in [5, 5.41) is 0. The van der Waals surface area contributed by atoms with Crippen molar-refractivity contribution in [2.45, 2.75) is 26.8 Å². The van der Waals surface area contributed by atoms with Gasteiger partial charge < -0.3 is 9.64 Å². The first-order valence-electron chi connectivity index (χ1n) is 11.0. The Morgan fingerprint density at radius 2 is 1.58 bits per heavy atom. The first kappa shape index (κ1) is 22.3. The Kier molecular flexibility index (Phi) is 6.31. The van der Waals surface area contributed by atoms with Crippen LogP contribution in [0, 0.1) is 13.8 Å². The number of hydrogen-bond acceptors (Lipinski definition) is 3. The molecule has 0 aliphatic carbocycles. The molecule has 1 fully saturated rings. The summed E-state index contributed by atoms with van der Waals surface area (Å²) in [5.74, 6) is 0.432. The summed E-state index contributed by atoms with van der Waals surface area (Å²) in [5.41, 5.74) is 5.41. The van der Waals surface area contributed by atoms with Gasteiger partial charge in [-0.2, -0.15) is 0 Å². The Hall–Kier alpha value is -3.86. The first-order chi connectivity index (χ1) is 15.9. The van der Waals surface area contributed by atoms with Gasteiger partial charge in [0.05, 0.1) is 7.11 Å². The molecule has 1 atom stereocenters. The molecule has 0 aromatic heterocycles. The van der Waals surface area contributed by atoms with Crippen LogP contribution in [-0.4, -0.2) is 31.5 Å². The second-order valence-electron chi connectivity index (χ2n) is 8.36. The van der Waals surface area contributed by atoms with Crippen LogP contribution in [0.4, 0.5) is 11.4 Å². The predicted octanol–water partition coefficient (Wildman–Crippen LogP) is 5.16. The lowest BCUT2D eigenvalue weighted by molar-refractivity contribution is -0.127. The Morgan fingerprint density at radius 1 is 0.909 bits per heavy atom. The average Bonchev–Trinajstić information content (AvgIpc) is 2.82. The summed E-state index contributed by atoms with van der Waals surface area (Å²) in [6.45, 7) is 5.94. The number of nitrogens with zero attached hydrogens (tertiary/aromatic N) is 2. The summed E-state index contributed by atoms with van der Waals surface area (Å²) in [6.07, 6.45) is 1.97. The Balaban J connectivity index is 1.79. The second-order valence-corrected chi connectivity index (χ2v) is 8.36. The smallest absolute Gasteiger partial charge is 0.254 e. The number of piperazine rings is 1. The van der Waals surface area contributed by atoms with Gasteiger partial charge in [-0.3, -0.25) is 14.5 Å². The van der Waals surface area contributed by atoms with Crippen molar-refractivity contribution in [2.75, 3.05) is 23.5 Å². The highest BCUT2D eigenvalue weighted by atomic mass is 16.5. The molecule has 33 heavy (non-hydrogen) atoms. The van der Waals surface area contributed by atoms with E-state index in [1.807, 2.05) is 87.5 Å². The Labute approximate surface area is 194 Å². The monoisotopic (exact) mass is 440 g/mol. The van der Waals surface area contributed by atoms with Crippen LogP contribution in [0.2, 0.25) is 0 Å². The van der Waals surface area contributed by atoms with Gasteiger partial charge in [-0.05, 0) is 79.4 Å². The van der Waals surface area contributed by atoms with Crippen molar-refractivity contribution in [3.8, 4) is 5.75 Å². The lowest BCUT2D eigenvalue weighted by atomic mass is 9.98. The van der Waals surface area contributed by atoms with E-state index in [0.29, 0.717) is 11.4 Å². The maximum absolute atomic E-state index is 13.9. The highest BCUT2D eigenvalue weighted by molar-refractivity contribution is 6.16. The van der Waals surface area contributed by atoms with Gasteiger partial charge in [0.15, 0.2) is 0 Å². The van der Waals surface area contributed by atoms with Gasteiger partial charge in [0.25, 0.3) is 5.91 Å². The molecule has 5 nitrogen and oxygen atoms in total. The molecule has 0 N–H and O–H groups in total. The molecule has 5 heteroatoms. The highest BCUT2D eigenvalue weighted by Gasteiger charge is 2.41. The molecule has 3 aromatic carbocycles. The van der Waals surface area contributed by atoms with Crippen molar-refractivity contribution < 1.29 is 14.3 Å². The van der Waals surface area contributed by atoms with Crippen molar-refractivity contribution >= 4 is 29.3 Å². The fourth-order valence-electron chi connectivity index (χ4n) is 4.13. The second kappa shape index (κ2) is 9.33. The SMILES string of the molecule is COc1ccc(N2C(=O)CN(c3ccc(C)c(C)c3)C(=O)[C@@H]2/C(C)=C/c2ccccc2)cc1. The normalized spacial score (nSPS) is 16.8. The molecule has 1 aliphatic rings. The summed E-state index contributed by atoms with van der Waals surface area (Å²) < 4.78 is 5.26. The Morgan fingerprint density at radius 3 is 2.21 bits per heavy atom. The number of anilines is 2. The van der Waals surface area contributed by atoms with E-state index < -0.39 is 6.04 Å². The molecule has 0 saturated carbocycles. The minimum Gasteiger partial charge on any atom is -0.497 e.